The van der Waals surface area contributed by atoms with E-state index in [1.165, 1.54) is 54.9 Å². The van der Waals surface area contributed by atoms with E-state index in [0.29, 0.717) is 16.7 Å². The number of rotatable bonds is 6. The summed E-state index contributed by atoms with van der Waals surface area (Å²) in [6, 6.07) is 15.5. The lowest BCUT2D eigenvalue weighted by Crippen LogP contribution is -2.35. The summed E-state index contributed by atoms with van der Waals surface area (Å²) in [6.07, 6.45) is -1.91. The first-order chi connectivity index (χ1) is 16.2. The number of halogens is 4. The molecule has 2 unspecified atom stereocenters. The minimum Gasteiger partial charge on any atom is -0.368 e. The molecule has 174 valence electrons. The Morgan fingerprint density at radius 3 is 2.15 bits per heavy atom. The Kier molecular flexibility index (Phi) is 6.71. The van der Waals surface area contributed by atoms with Gasteiger partial charge in [-0.25, -0.2) is 23.3 Å². The molecule has 4 rings (SSSR count). The number of nitrogens with zero attached hydrogens (tertiary/aromatic N) is 2. The normalized spacial score (nSPS) is 13.4. The van der Waals surface area contributed by atoms with Gasteiger partial charge in [-0.2, -0.15) is 13.2 Å². The van der Waals surface area contributed by atoms with Crippen molar-refractivity contribution in [3.63, 3.8) is 0 Å². The molecule has 10 heteroatoms. The Bertz CT molecular complexity index is 1310. The minimum atomic E-state index is -4.68. The molecule has 0 amide bonds. The summed E-state index contributed by atoms with van der Waals surface area (Å²) < 4.78 is 71.3. The van der Waals surface area contributed by atoms with E-state index in [1.54, 1.807) is 30.3 Å². The SMILES string of the molecule is Nc1ncc(-c2ccc(-c3ccccc3S(=O)NC(c3ccccc3)C(F)(F)F)cc2F)cn1. The number of anilines is 1. The van der Waals surface area contributed by atoms with Crippen molar-refractivity contribution in [2.75, 3.05) is 5.73 Å². The van der Waals surface area contributed by atoms with E-state index in [4.69, 9.17) is 5.73 Å². The number of nitrogens with one attached hydrogen (secondary N) is 1. The van der Waals surface area contributed by atoms with Crippen LogP contribution in [0, 0.1) is 5.82 Å². The van der Waals surface area contributed by atoms with Crippen molar-refractivity contribution in [1.29, 1.82) is 0 Å². The topological polar surface area (TPSA) is 80.9 Å². The fraction of sp³-hybridized carbons (Fsp3) is 0.0833. The van der Waals surface area contributed by atoms with Crippen molar-refractivity contribution in [3.8, 4) is 22.3 Å². The molecule has 3 N–H and O–H groups in total. The lowest BCUT2D eigenvalue weighted by molar-refractivity contribution is -0.152. The molecule has 2 atom stereocenters. The third kappa shape index (κ3) is 5.13. The third-order valence-corrected chi connectivity index (χ3v) is 6.24. The molecule has 0 saturated carbocycles. The van der Waals surface area contributed by atoms with E-state index in [2.05, 4.69) is 14.7 Å². The fourth-order valence-electron chi connectivity index (χ4n) is 3.40. The van der Waals surface area contributed by atoms with Crippen molar-refractivity contribution < 1.29 is 21.8 Å². The summed E-state index contributed by atoms with van der Waals surface area (Å²) in [5.41, 5.74) is 6.72. The molecule has 1 heterocycles. The van der Waals surface area contributed by atoms with Gasteiger partial charge in [-0.15, -0.1) is 0 Å². The molecule has 0 radical (unpaired) electrons. The fourth-order valence-corrected chi connectivity index (χ4v) is 4.60. The molecular formula is C24H18F4N4OS. The molecule has 1 aromatic heterocycles. The molecule has 34 heavy (non-hydrogen) atoms. The van der Waals surface area contributed by atoms with E-state index >= 15 is 0 Å². The quantitative estimate of drug-likeness (QED) is 0.355. The number of alkyl halides is 3. The Morgan fingerprint density at radius 1 is 0.853 bits per heavy atom. The zero-order chi connectivity index (χ0) is 24.3. The second kappa shape index (κ2) is 9.70. The lowest BCUT2D eigenvalue weighted by atomic mass is 10.0. The number of aromatic nitrogens is 2. The van der Waals surface area contributed by atoms with Gasteiger partial charge in [0.15, 0.2) is 0 Å². The van der Waals surface area contributed by atoms with Crippen LogP contribution in [0.1, 0.15) is 11.6 Å². The summed E-state index contributed by atoms with van der Waals surface area (Å²) in [4.78, 5) is 7.79. The number of benzene rings is 3. The second-order valence-electron chi connectivity index (χ2n) is 7.29. The third-order valence-electron chi connectivity index (χ3n) is 5.03. The van der Waals surface area contributed by atoms with Crippen molar-refractivity contribution in [2.24, 2.45) is 0 Å². The van der Waals surface area contributed by atoms with Gasteiger partial charge in [0, 0.05) is 23.5 Å². The monoisotopic (exact) mass is 486 g/mol. The van der Waals surface area contributed by atoms with Crippen molar-refractivity contribution in [2.45, 2.75) is 17.1 Å². The zero-order valence-electron chi connectivity index (χ0n) is 17.5. The predicted molar refractivity (Wildman–Crippen MR) is 122 cm³/mol. The first-order valence-electron chi connectivity index (χ1n) is 10.0. The average Bonchev–Trinajstić information content (AvgIpc) is 2.83. The van der Waals surface area contributed by atoms with Gasteiger partial charge in [-0.3, -0.25) is 0 Å². The minimum absolute atomic E-state index is 0.0531. The van der Waals surface area contributed by atoms with Crippen LogP contribution < -0.4 is 10.5 Å². The van der Waals surface area contributed by atoms with Crippen LogP contribution in [0.4, 0.5) is 23.5 Å². The summed E-state index contributed by atoms with van der Waals surface area (Å²) in [5.74, 6) is -0.547. The van der Waals surface area contributed by atoms with E-state index < -0.39 is 29.0 Å². The van der Waals surface area contributed by atoms with Crippen LogP contribution in [0.3, 0.4) is 0 Å². The molecule has 3 aromatic carbocycles. The highest BCUT2D eigenvalue weighted by Crippen LogP contribution is 2.35. The first-order valence-corrected chi connectivity index (χ1v) is 11.2. The van der Waals surface area contributed by atoms with Gasteiger partial charge in [0.05, 0.1) is 4.90 Å². The Hall–Kier alpha value is -3.63. The first kappa shape index (κ1) is 23.5. The van der Waals surface area contributed by atoms with Gasteiger partial charge in [0.2, 0.25) is 5.95 Å². The van der Waals surface area contributed by atoms with Crippen molar-refractivity contribution >= 4 is 16.9 Å². The summed E-state index contributed by atoms with van der Waals surface area (Å²) in [7, 11) is -2.25. The second-order valence-corrected chi connectivity index (χ2v) is 8.51. The van der Waals surface area contributed by atoms with E-state index in [9.17, 15) is 21.8 Å². The molecule has 5 nitrogen and oxygen atoms in total. The predicted octanol–water partition coefficient (Wildman–Crippen LogP) is 5.45. The van der Waals surface area contributed by atoms with Crippen molar-refractivity contribution in [3.05, 3.63) is 96.6 Å². The van der Waals surface area contributed by atoms with E-state index in [0.717, 1.165) is 0 Å². The lowest BCUT2D eigenvalue weighted by Gasteiger charge is -2.22. The summed E-state index contributed by atoms with van der Waals surface area (Å²) in [6.45, 7) is 0. The summed E-state index contributed by atoms with van der Waals surface area (Å²) in [5, 5.41) is 0. The van der Waals surface area contributed by atoms with Crippen LogP contribution in [-0.2, 0) is 11.0 Å². The molecule has 0 fully saturated rings. The zero-order valence-corrected chi connectivity index (χ0v) is 18.3. The Labute approximate surface area is 195 Å². The van der Waals surface area contributed by atoms with Gasteiger partial charge in [-0.05, 0) is 28.8 Å². The Balaban J connectivity index is 1.67. The van der Waals surface area contributed by atoms with Crippen LogP contribution in [0.15, 0.2) is 90.1 Å². The average molecular weight is 486 g/mol. The van der Waals surface area contributed by atoms with Crippen LogP contribution in [-0.4, -0.2) is 20.4 Å². The molecule has 0 spiro atoms. The summed E-state index contributed by atoms with van der Waals surface area (Å²) >= 11 is 0. The highest BCUT2D eigenvalue weighted by molar-refractivity contribution is 7.83. The number of nitrogen functional groups attached to an aromatic ring is 1. The molecule has 0 bridgehead atoms. The number of nitrogens with two attached hydrogens (primary N) is 1. The molecule has 0 saturated heterocycles. The van der Waals surface area contributed by atoms with Gasteiger partial charge in [0.1, 0.15) is 22.8 Å². The van der Waals surface area contributed by atoms with Gasteiger partial charge < -0.3 is 5.73 Å². The van der Waals surface area contributed by atoms with Crippen LogP contribution >= 0.6 is 0 Å². The Morgan fingerprint density at radius 2 is 1.50 bits per heavy atom. The van der Waals surface area contributed by atoms with Gasteiger partial charge >= 0.3 is 6.18 Å². The van der Waals surface area contributed by atoms with Crippen LogP contribution in [0.5, 0.6) is 0 Å². The molecule has 0 aliphatic carbocycles. The highest BCUT2D eigenvalue weighted by Gasteiger charge is 2.42. The maximum Gasteiger partial charge on any atom is 0.408 e. The number of hydrogen-bond donors (Lipinski definition) is 2. The maximum atomic E-state index is 14.9. The van der Waals surface area contributed by atoms with Gasteiger partial charge in [-0.1, -0.05) is 60.7 Å². The maximum absolute atomic E-state index is 14.9. The number of hydrogen-bond acceptors (Lipinski definition) is 4. The van der Waals surface area contributed by atoms with E-state index in [1.807, 2.05) is 0 Å². The highest BCUT2D eigenvalue weighted by atomic mass is 32.2. The standard InChI is InChI=1S/C24H18F4N4OS/c25-20-12-16(10-11-18(20)17-13-30-23(29)31-14-17)19-8-4-5-9-21(19)34(33)32-22(24(26,27)28)15-6-2-1-3-7-15/h1-14,22,32H,(H2,29,30,31). The molecular weight excluding hydrogens is 468 g/mol. The molecule has 0 aliphatic rings. The largest absolute Gasteiger partial charge is 0.408 e. The van der Waals surface area contributed by atoms with Crippen LogP contribution in [0.25, 0.3) is 22.3 Å². The molecule has 0 aliphatic heterocycles. The van der Waals surface area contributed by atoms with Gasteiger partial charge in [0.25, 0.3) is 0 Å². The van der Waals surface area contributed by atoms with E-state index in [-0.39, 0.29) is 22.0 Å². The molecule has 4 aromatic rings. The smallest absolute Gasteiger partial charge is 0.368 e. The van der Waals surface area contributed by atoms with Crippen LogP contribution in [0.2, 0.25) is 0 Å². The van der Waals surface area contributed by atoms with Crippen molar-refractivity contribution in [1.82, 2.24) is 14.7 Å².